The van der Waals surface area contributed by atoms with Crippen LogP contribution in [0.5, 0.6) is 0 Å². The van der Waals surface area contributed by atoms with Crippen molar-refractivity contribution in [2.75, 3.05) is 5.32 Å². The summed E-state index contributed by atoms with van der Waals surface area (Å²) >= 11 is 0. The number of para-hydroxylation sites is 2. The van der Waals surface area contributed by atoms with E-state index in [2.05, 4.69) is 22.2 Å². The van der Waals surface area contributed by atoms with Crippen LogP contribution < -0.4 is 20.5 Å². The van der Waals surface area contributed by atoms with Crippen molar-refractivity contribution in [1.29, 1.82) is 0 Å². The maximum atomic E-state index is 13.4. The Balaban J connectivity index is 2.12. The molecule has 4 amide bonds. The first kappa shape index (κ1) is 17.5. The third-order valence-corrected chi connectivity index (χ3v) is 5.41. The first-order chi connectivity index (χ1) is 13.0. The van der Waals surface area contributed by atoms with Gasteiger partial charge >= 0.3 is 12.1 Å². The van der Waals surface area contributed by atoms with E-state index < -0.39 is 6.03 Å². The predicted octanol–water partition coefficient (Wildman–Crippen LogP) is 3.99. The van der Waals surface area contributed by atoms with Crippen molar-refractivity contribution in [2.24, 2.45) is 9.98 Å². The van der Waals surface area contributed by atoms with E-state index in [-0.39, 0.29) is 16.6 Å². The highest BCUT2D eigenvalue weighted by molar-refractivity contribution is 6.12. The number of aryl methyl sites for hydroxylation is 1. The summed E-state index contributed by atoms with van der Waals surface area (Å²) in [5, 5.41) is 4.11. The molecule has 4 rings (SSSR count). The molecule has 2 aliphatic heterocycles. The second kappa shape index (κ2) is 6.39. The highest BCUT2D eigenvalue weighted by atomic mass is 16.2. The average Bonchev–Trinajstić information content (AvgIpc) is 3.16. The molecule has 1 N–H and O–H groups in total. The van der Waals surface area contributed by atoms with Crippen LogP contribution in [0, 0.1) is 0 Å². The Morgan fingerprint density at radius 3 is 2.59 bits per heavy atom. The molecule has 6 nitrogen and oxygen atoms in total. The zero-order valence-corrected chi connectivity index (χ0v) is 15.8. The lowest BCUT2D eigenvalue weighted by molar-refractivity contribution is 0.224. The van der Waals surface area contributed by atoms with Crippen LogP contribution in [0.2, 0.25) is 0 Å². The van der Waals surface area contributed by atoms with E-state index >= 15 is 0 Å². The largest absolute Gasteiger partial charge is 0.431 e. The van der Waals surface area contributed by atoms with E-state index in [9.17, 15) is 9.59 Å². The van der Waals surface area contributed by atoms with Crippen LogP contribution in [0.25, 0.3) is 0 Å². The summed E-state index contributed by atoms with van der Waals surface area (Å²) < 4.78 is 0.00466. The fraction of sp³-hybridized carbons (Fsp3) is 0.333. The summed E-state index contributed by atoms with van der Waals surface area (Å²) in [5.74, 6) is 0. The van der Waals surface area contributed by atoms with Gasteiger partial charge in [-0.3, -0.25) is 5.32 Å². The number of carbonyl (C=O) groups excluding carboxylic acids is 2. The van der Waals surface area contributed by atoms with Gasteiger partial charge in [-0.25, -0.2) is 9.59 Å². The molecular weight excluding hydrogens is 340 g/mol. The number of nitrogens with one attached hydrogen (secondary N) is 1. The zero-order valence-electron chi connectivity index (χ0n) is 15.8. The Hall–Kier alpha value is -2.86. The highest BCUT2D eigenvalue weighted by Crippen LogP contribution is 2.47. The van der Waals surface area contributed by atoms with Crippen LogP contribution in [0.15, 0.2) is 46.4 Å². The summed E-state index contributed by atoms with van der Waals surface area (Å²) in [7, 11) is 0. The first-order valence-electron chi connectivity index (χ1n) is 9.44. The fourth-order valence-electron chi connectivity index (χ4n) is 4.19. The van der Waals surface area contributed by atoms with Gasteiger partial charge in [-0.1, -0.05) is 31.5 Å². The van der Waals surface area contributed by atoms with Gasteiger partial charge in [0.25, 0.3) is 0 Å². The summed E-state index contributed by atoms with van der Waals surface area (Å²) in [6.45, 7) is 6.19. The predicted molar refractivity (Wildman–Crippen MR) is 105 cm³/mol. The topological polar surface area (TPSA) is 70.9 Å². The lowest BCUT2D eigenvalue weighted by Gasteiger charge is -2.35. The molecule has 0 aliphatic carbocycles. The number of urea groups is 2. The number of amides is 4. The van der Waals surface area contributed by atoms with Gasteiger partial charge in [0.1, 0.15) is 17.1 Å². The quantitative estimate of drug-likeness (QED) is 0.816. The molecule has 0 radical (unpaired) electrons. The van der Waals surface area contributed by atoms with Crippen molar-refractivity contribution in [3.8, 4) is 0 Å². The van der Waals surface area contributed by atoms with Crippen LogP contribution in [0.3, 0.4) is 0 Å². The lowest BCUT2D eigenvalue weighted by Crippen LogP contribution is -2.57. The van der Waals surface area contributed by atoms with E-state index in [1.54, 1.807) is 0 Å². The second-order valence-corrected chi connectivity index (χ2v) is 7.31. The Morgan fingerprint density at radius 2 is 1.85 bits per heavy atom. The smallest absolute Gasteiger partial charge is 0.269 e. The molecule has 2 aromatic carbocycles. The SMILES string of the molecule is CCCCc1ccc2c(c1[N+]1(C(C)C)C(=O)Nc3ccccc31)=NC(=O)N=2. The Kier molecular flexibility index (Phi) is 4.15. The number of nitrogens with zero attached hydrogens (tertiary/aromatic N) is 3. The minimum atomic E-state index is -0.506. The summed E-state index contributed by atoms with van der Waals surface area (Å²) in [6, 6.07) is 10.9. The van der Waals surface area contributed by atoms with Crippen molar-refractivity contribution in [2.45, 2.75) is 46.1 Å². The normalized spacial score (nSPS) is 20.1. The van der Waals surface area contributed by atoms with E-state index in [1.807, 2.05) is 50.2 Å². The van der Waals surface area contributed by atoms with Crippen molar-refractivity contribution < 1.29 is 9.59 Å². The number of benzene rings is 2. The Labute approximate surface area is 157 Å². The van der Waals surface area contributed by atoms with Crippen molar-refractivity contribution >= 4 is 29.1 Å². The molecule has 0 bridgehead atoms. The second-order valence-electron chi connectivity index (χ2n) is 7.31. The third-order valence-electron chi connectivity index (χ3n) is 5.41. The zero-order chi connectivity index (χ0) is 19.2. The van der Waals surface area contributed by atoms with Crippen LogP contribution in [0.1, 0.15) is 39.2 Å². The lowest BCUT2D eigenvalue weighted by atomic mass is 10.0. The molecule has 6 heteroatoms. The average molecular weight is 363 g/mol. The van der Waals surface area contributed by atoms with Crippen LogP contribution in [0.4, 0.5) is 26.7 Å². The molecule has 2 heterocycles. The minimum Gasteiger partial charge on any atom is -0.269 e. The van der Waals surface area contributed by atoms with Gasteiger partial charge in [0, 0.05) is 11.6 Å². The molecule has 1 atom stereocenters. The Bertz CT molecular complexity index is 1070. The molecule has 138 valence electrons. The van der Waals surface area contributed by atoms with Crippen molar-refractivity contribution in [3.63, 3.8) is 0 Å². The van der Waals surface area contributed by atoms with Crippen molar-refractivity contribution in [1.82, 2.24) is 4.48 Å². The van der Waals surface area contributed by atoms with Gasteiger partial charge in [0.15, 0.2) is 16.7 Å². The molecular formula is C21H23N4O2+. The molecule has 0 saturated heterocycles. The van der Waals surface area contributed by atoms with Gasteiger partial charge in [-0.05, 0) is 38.8 Å². The Morgan fingerprint density at radius 1 is 1.07 bits per heavy atom. The summed E-state index contributed by atoms with van der Waals surface area (Å²) in [4.78, 5) is 33.6. The van der Waals surface area contributed by atoms with Crippen LogP contribution in [-0.2, 0) is 6.42 Å². The molecule has 27 heavy (non-hydrogen) atoms. The summed E-state index contributed by atoms with van der Waals surface area (Å²) in [5.41, 5.74) is 3.52. The van der Waals surface area contributed by atoms with Crippen molar-refractivity contribution in [3.05, 3.63) is 52.7 Å². The van der Waals surface area contributed by atoms with Gasteiger partial charge < -0.3 is 0 Å². The molecule has 0 fully saturated rings. The minimum absolute atomic E-state index is 0.00466. The van der Waals surface area contributed by atoms with E-state index in [1.165, 1.54) is 0 Å². The third kappa shape index (κ3) is 2.44. The number of rotatable bonds is 5. The van der Waals surface area contributed by atoms with E-state index in [0.717, 1.165) is 41.9 Å². The number of anilines is 1. The summed E-state index contributed by atoms with van der Waals surface area (Å²) in [6.07, 6.45) is 2.87. The molecule has 2 aliphatic rings. The standard InChI is InChI=1S/C21H22N4O2/c1-4-5-8-14-11-12-16-18(24-20(26)22-16)19(14)25(13(2)3)17-10-7-6-9-15(17)23-21(25)27/h6-7,9-13H,4-5,8H2,1-3H3/p+1. The van der Waals surface area contributed by atoms with Crippen LogP contribution in [-0.4, -0.2) is 18.1 Å². The first-order valence-corrected chi connectivity index (χ1v) is 9.44. The number of carbonyl (C=O) groups is 2. The monoisotopic (exact) mass is 363 g/mol. The van der Waals surface area contributed by atoms with Gasteiger partial charge in [-0.15, -0.1) is 0 Å². The molecule has 0 spiro atoms. The number of fused-ring (bicyclic) bond motifs is 2. The maximum absolute atomic E-state index is 13.4. The molecule has 0 aromatic heterocycles. The highest BCUT2D eigenvalue weighted by Gasteiger charge is 2.53. The van der Waals surface area contributed by atoms with E-state index in [0.29, 0.717) is 10.7 Å². The molecule has 2 aromatic rings. The van der Waals surface area contributed by atoms with Gasteiger partial charge in [-0.2, -0.15) is 14.5 Å². The number of quaternary nitrogens is 1. The maximum Gasteiger partial charge on any atom is 0.431 e. The van der Waals surface area contributed by atoms with E-state index in [4.69, 9.17) is 0 Å². The number of hydrogen-bond donors (Lipinski definition) is 1. The number of unbranched alkanes of at least 4 members (excludes halogenated alkanes) is 1. The van der Waals surface area contributed by atoms with Gasteiger partial charge in [0.2, 0.25) is 0 Å². The fourth-order valence-corrected chi connectivity index (χ4v) is 4.19. The molecule has 0 saturated carbocycles. The van der Waals surface area contributed by atoms with Crippen LogP contribution >= 0.6 is 0 Å². The van der Waals surface area contributed by atoms with Gasteiger partial charge in [0.05, 0.1) is 0 Å². The number of hydrogen-bond acceptors (Lipinski definition) is 2. The molecule has 1 unspecified atom stereocenters.